The predicted molar refractivity (Wildman–Crippen MR) is 74.5 cm³/mol. The molecule has 0 radical (unpaired) electrons. The molecule has 19 heavy (non-hydrogen) atoms. The number of pyridine rings is 1. The van der Waals surface area contributed by atoms with Gasteiger partial charge in [-0.3, -0.25) is 4.79 Å². The van der Waals surface area contributed by atoms with Gasteiger partial charge in [0.25, 0.3) is 0 Å². The van der Waals surface area contributed by atoms with Gasteiger partial charge >= 0.3 is 5.97 Å². The molecule has 0 aliphatic rings. The smallest absolute Gasteiger partial charge is 0.306 e. The topological polar surface area (TPSA) is 71.5 Å². The summed E-state index contributed by atoms with van der Waals surface area (Å²) < 4.78 is 5.06. The number of hydrogen-bond acceptors (Lipinski definition) is 4. The SMILES string of the molecule is COc1cc(NC(C)CCCC(C)C(=O)O)ccn1. The first kappa shape index (κ1) is 15.3. The molecule has 0 saturated carbocycles. The highest BCUT2D eigenvalue weighted by Gasteiger charge is 2.11. The zero-order valence-electron chi connectivity index (χ0n) is 11.7. The molecular weight excluding hydrogens is 244 g/mol. The highest BCUT2D eigenvalue weighted by atomic mass is 16.5. The van der Waals surface area contributed by atoms with Crippen LogP contribution in [0, 0.1) is 5.92 Å². The Balaban J connectivity index is 2.34. The van der Waals surface area contributed by atoms with E-state index >= 15 is 0 Å². The molecule has 0 saturated heterocycles. The van der Waals surface area contributed by atoms with Crippen LogP contribution in [0.3, 0.4) is 0 Å². The van der Waals surface area contributed by atoms with Gasteiger partial charge in [-0.1, -0.05) is 13.3 Å². The van der Waals surface area contributed by atoms with Gasteiger partial charge in [0.15, 0.2) is 0 Å². The van der Waals surface area contributed by atoms with Crippen LogP contribution >= 0.6 is 0 Å². The molecule has 2 atom stereocenters. The highest BCUT2D eigenvalue weighted by Crippen LogP contribution is 2.16. The molecule has 2 N–H and O–H groups in total. The van der Waals surface area contributed by atoms with Gasteiger partial charge < -0.3 is 15.2 Å². The molecule has 1 aromatic heterocycles. The van der Waals surface area contributed by atoms with E-state index in [4.69, 9.17) is 9.84 Å². The second-order valence-electron chi connectivity index (χ2n) is 4.80. The van der Waals surface area contributed by atoms with Crippen molar-refractivity contribution in [1.29, 1.82) is 0 Å². The lowest BCUT2D eigenvalue weighted by molar-refractivity contribution is -0.141. The van der Waals surface area contributed by atoms with E-state index in [1.165, 1.54) is 0 Å². The molecule has 0 fully saturated rings. The molecule has 0 aliphatic carbocycles. The quantitative estimate of drug-likeness (QED) is 0.757. The average molecular weight is 266 g/mol. The van der Waals surface area contributed by atoms with Gasteiger partial charge in [-0.15, -0.1) is 0 Å². The van der Waals surface area contributed by atoms with Crippen LogP contribution in [-0.2, 0) is 4.79 Å². The van der Waals surface area contributed by atoms with Gasteiger partial charge in [-0.2, -0.15) is 0 Å². The summed E-state index contributed by atoms with van der Waals surface area (Å²) in [5.74, 6) is -0.413. The number of aromatic nitrogens is 1. The van der Waals surface area contributed by atoms with Crippen molar-refractivity contribution in [3.63, 3.8) is 0 Å². The Morgan fingerprint density at radius 2 is 2.21 bits per heavy atom. The summed E-state index contributed by atoms with van der Waals surface area (Å²) in [6.45, 7) is 3.83. The summed E-state index contributed by atoms with van der Waals surface area (Å²) in [4.78, 5) is 14.7. The molecule has 0 bridgehead atoms. The van der Waals surface area contributed by atoms with Crippen molar-refractivity contribution in [2.75, 3.05) is 12.4 Å². The highest BCUT2D eigenvalue weighted by molar-refractivity contribution is 5.69. The lowest BCUT2D eigenvalue weighted by Gasteiger charge is -2.16. The Morgan fingerprint density at radius 1 is 1.47 bits per heavy atom. The first-order chi connectivity index (χ1) is 9.02. The minimum Gasteiger partial charge on any atom is -0.481 e. The molecule has 0 spiro atoms. The van der Waals surface area contributed by atoms with Gasteiger partial charge in [0.2, 0.25) is 5.88 Å². The van der Waals surface area contributed by atoms with Crippen molar-refractivity contribution < 1.29 is 14.6 Å². The molecule has 0 aliphatic heterocycles. The maximum atomic E-state index is 10.7. The van der Waals surface area contributed by atoms with E-state index in [9.17, 15) is 4.79 Å². The normalized spacial score (nSPS) is 13.6. The molecule has 0 aromatic carbocycles. The number of rotatable bonds is 8. The fourth-order valence-corrected chi connectivity index (χ4v) is 1.82. The molecule has 1 heterocycles. The van der Waals surface area contributed by atoms with Crippen molar-refractivity contribution in [3.05, 3.63) is 18.3 Å². The summed E-state index contributed by atoms with van der Waals surface area (Å²) in [6, 6.07) is 4.02. The van der Waals surface area contributed by atoms with Crippen LogP contribution in [0.2, 0.25) is 0 Å². The molecule has 1 rings (SSSR count). The Kier molecular flexibility index (Phi) is 6.12. The molecule has 0 amide bonds. The first-order valence-electron chi connectivity index (χ1n) is 6.52. The lowest BCUT2D eigenvalue weighted by Crippen LogP contribution is -2.16. The second-order valence-corrected chi connectivity index (χ2v) is 4.80. The Bertz CT molecular complexity index is 409. The zero-order valence-corrected chi connectivity index (χ0v) is 11.7. The zero-order chi connectivity index (χ0) is 14.3. The molecule has 1 aromatic rings. The monoisotopic (exact) mass is 266 g/mol. The predicted octanol–water partition coefficient (Wildman–Crippen LogP) is 2.78. The molecule has 5 heteroatoms. The van der Waals surface area contributed by atoms with Crippen molar-refractivity contribution >= 4 is 11.7 Å². The molecule has 5 nitrogen and oxygen atoms in total. The molecule has 106 valence electrons. The number of ether oxygens (including phenoxy) is 1. The second kappa shape index (κ2) is 7.61. The number of hydrogen-bond donors (Lipinski definition) is 2. The lowest BCUT2D eigenvalue weighted by atomic mass is 10.0. The first-order valence-corrected chi connectivity index (χ1v) is 6.52. The van der Waals surface area contributed by atoms with E-state index in [2.05, 4.69) is 17.2 Å². The van der Waals surface area contributed by atoms with Gasteiger partial charge in [0, 0.05) is 24.0 Å². The van der Waals surface area contributed by atoms with Gasteiger partial charge in [0.1, 0.15) is 0 Å². The largest absolute Gasteiger partial charge is 0.481 e. The minimum atomic E-state index is -0.723. The summed E-state index contributed by atoms with van der Waals surface area (Å²) in [5.41, 5.74) is 0.964. The summed E-state index contributed by atoms with van der Waals surface area (Å²) >= 11 is 0. The fraction of sp³-hybridized carbons (Fsp3) is 0.571. The van der Waals surface area contributed by atoms with Gasteiger partial charge in [-0.25, -0.2) is 4.98 Å². The number of carboxylic acid groups (broad SMARTS) is 1. The fourth-order valence-electron chi connectivity index (χ4n) is 1.82. The number of anilines is 1. The van der Waals surface area contributed by atoms with Crippen LogP contribution < -0.4 is 10.1 Å². The van der Waals surface area contributed by atoms with Crippen LogP contribution in [0.5, 0.6) is 5.88 Å². The molecule has 2 unspecified atom stereocenters. The van der Waals surface area contributed by atoms with Gasteiger partial charge in [-0.05, 0) is 25.8 Å². The number of carboxylic acids is 1. The van der Waals surface area contributed by atoms with E-state index < -0.39 is 5.97 Å². The van der Waals surface area contributed by atoms with Crippen molar-refractivity contribution in [1.82, 2.24) is 4.98 Å². The maximum Gasteiger partial charge on any atom is 0.306 e. The summed E-state index contributed by atoms with van der Waals surface area (Å²) in [5, 5.41) is 12.2. The standard InChI is InChI=1S/C14H22N2O3/c1-10(14(17)18)5-4-6-11(2)16-12-7-8-15-13(9-12)19-3/h7-11H,4-6H2,1-3H3,(H,15,16)(H,17,18). The van der Waals surface area contributed by atoms with Crippen LogP contribution in [0.25, 0.3) is 0 Å². The summed E-state index contributed by atoms with van der Waals surface area (Å²) in [7, 11) is 1.59. The van der Waals surface area contributed by atoms with Crippen molar-refractivity contribution in [2.45, 2.75) is 39.2 Å². The van der Waals surface area contributed by atoms with Crippen molar-refractivity contribution in [3.8, 4) is 5.88 Å². The van der Waals surface area contributed by atoms with E-state index in [0.29, 0.717) is 12.3 Å². The summed E-state index contributed by atoms with van der Waals surface area (Å²) in [6.07, 6.45) is 4.23. The van der Waals surface area contributed by atoms with E-state index in [1.807, 2.05) is 12.1 Å². The third-order valence-corrected chi connectivity index (χ3v) is 3.05. The Morgan fingerprint density at radius 3 is 2.84 bits per heavy atom. The van der Waals surface area contributed by atoms with E-state index in [0.717, 1.165) is 18.5 Å². The van der Waals surface area contributed by atoms with Crippen LogP contribution in [-0.4, -0.2) is 29.2 Å². The van der Waals surface area contributed by atoms with Crippen LogP contribution in [0.1, 0.15) is 33.1 Å². The number of aliphatic carboxylic acids is 1. The number of nitrogens with zero attached hydrogens (tertiary/aromatic N) is 1. The van der Waals surface area contributed by atoms with E-state index in [-0.39, 0.29) is 12.0 Å². The van der Waals surface area contributed by atoms with E-state index in [1.54, 1.807) is 20.2 Å². The Hall–Kier alpha value is -1.78. The number of nitrogens with one attached hydrogen (secondary N) is 1. The molecular formula is C14H22N2O3. The Labute approximate surface area is 114 Å². The van der Waals surface area contributed by atoms with Crippen LogP contribution in [0.4, 0.5) is 5.69 Å². The van der Waals surface area contributed by atoms with Gasteiger partial charge in [0.05, 0.1) is 13.0 Å². The number of methoxy groups -OCH3 is 1. The third-order valence-electron chi connectivity index (χ3n) is 3.05. The van der Waals surface area contributed by atoms with Crippen molar-refractivity contribution in [2.24, 2.45) is 5.92 Å². The average Bonchev–Trinajstić information content (AvgIpc) is 2.38. The number of carbonyl (C=O) groups is 1. The minimum absolute atomic E-state index is 0.270. The maximum absolute atomic E-state index is 10.7. The van der Waals surface area contributed by atoms with Crippen LogP contribution in [0.15, 0.2) is 18.3 Å². The third kappa shape index (κ3) is 5.59.